The minimum atomic E-state index is -0.475. The molecule has 0 saturated heterocycles. The monoisotopic (exact) mass is 699 g/mol. The predicted molar refractivity (Wildman–Crippen MR) is 223 cm³/mol. The smallest absolute Gasteiger partial charge is 0.160 e. The van der Waals surface area contributed by atoms with Gasteiger partial charge in [0, 0.05) is 16.7 Å². The number of hydrogen-bond donors (Lipinski definition) is 0. The van der Waals surface area contributed by atoms with Crippen LogP contribution in [0.5, 0.6) is 0 Å². The summed E-state index contributed by atoms with van der Waals surface area (Å²) in [5.74, 6) is 0.655. The second-order valence-corrected chi connectivity index (χ2v) is 14.0. The molecule has 1 aliphatic rings. The van der Waals surface area contributed by atoms with E-state index in [0.29, 0.717) is 11.4 Å². The number of rotatable bonds is 6. The molecule has 1 aliphatic carbocycles. The molecule has 0 aliphatic heterocycles. The van der Waals surface area contributed by atoms with Crippen LogP contribution in [-0.2, 0) is 5.41 Å². The van der Waals surface area contributed by atoms with Crippen LogP contribution in [0.1, 0.15) is 27.8 Å². The van der Waals surface area contributed by atoms with Crippen LogP contribution in [0.2, 0.25) is 0 Å². The Morgan fingerprint density at radius 2 is 0.909 bits per heavy atom. The van der Waals surface area contributed by atoms with Gasteiger partial charge in [0.05, 0.1) is 28.4 Å². The number of nitrogens with zero attached hydrogens (tertiary/aromatic N) is 3. The third-order valence-corrected chi connectivity index (χ3v) is 11.0. The van der Waals surface area contributed by atoms with E-state index in [0.717, 1.165) is 50.0 Å². The minimum Gasteiger partial charge on any atom is -0.228 e. The van der Waals surface area contributed by atoms with E-state index >= 15 is 0 Å². The van der Waals surface area contributed by atoms with Gasteiger partial charge in [0.2, 0.25) is 0 Å². The molecule has 0 spiro atoms. The van der Waals surface area contributed by atoms with Crippen molar-refractivity contribution in [1.82, 2.24) is 9.97 Å². The van der Waals surface area contributed by atoms with Crippen molar-refractivity contribution in [1.29, 1.82) is 5.26 Å². The molecule has 1 aromatic heterocycles. The van der Waals surface area contributed by atoms with E-state index in [-0.39, 0.29) is 0 Å². The first-order valence-electron chi connectivity index (χ1n) is 18.6. The maximum absolute atomic E-state index is 9.43. The molecule has 0 atom stereocenters. The first-order valence-corrected chi connectivity index (χ1v) is 18.6. The van der Waals surface area contributed by atoms with E-state index in [2.05, 4.69) is 152 Å². The van der Waals surface area contributed by atoms with Crippen LogP contribution in [0.4, 0.5) is 0 Å². The molecule has 256 valence electrons. The largest absolute Gasteiger partial charge is 0.228 e. The molecule has 9 aromatic rings. The summed E-state index contributed by atoms with van der Waals surface area (Å²) in [6, 6.07) is 72.9. The molecule has 0 radical (unpaired) electrons. The lowest BCUT2D eigenvalue weighted by atomic mass is 9.67. The second-order valence-electron chi connectivity index (χ2n) is 14.0. The number of fused-ring (bicyclic) bond motifs is 4. The van der Waals surface area contributed by atoms with Crippen molar-refractivity contribution in [2.24, 2.45) is 0 Å². The van der Waals surface area contributed by atoms with Gasteiger partial charge in [0.1, 0.15) is 0 Å². The number of nitriles is 1. The quantitative estimate of drug-likeness (QED) is 0.174. The zero-order valence-corrected chi connectivity index (χ0v) is 29.9. The van der Waals surface area contributed by atoms with Crippen molar-refractivity contribution in [3.05, 3.63) is 228 Å². The molecule has 0 saturated carbocycles. The molecule has 0 bridgehead atoms. The molecular formula is C52H33N3. The summed E-state index contributed by atoms with van der Waals surface area (Å²) in [7, 11) is 0. The molecule has 0 fully saturated rings. The van der Waals surface area contributed by atoms with E-state index in [9.17, 15) is 5.26 Å². The van der Waals surface area contributed by atoms with Gasteiger partial charge >= 0.3 is 0 Å². The summed E-state index contributed by atoms with van der Waals surface area (Å²) < 4.78 is 0. The highest BCUT2D eigenvalue weighted by Crippen LogP contribution is 2.57. The van der Waals surface area contributed by atoms with Gasteiger partial charge < -0.3 is 0 Å². The summed E-state index contributed by atoms with van der Waals surface area (Å²) in [5.41, 5.74) is 14.6. The third kappa shape index (κ3) is 5.27. The van der Waals surface area contributed by atoms with Crippen LogP contribution >= 0.6 is 0 Å². The standard InChI is InChI=1S/C52H33N3/c53-34-35-24-26-36(27-25-35)49-33-50(55-51(54-49)37-14-4-1-5-15-37)46-31-30-41(42-20-10-11-21-43(42)46)38-28-29-45-44-22-12-13-23-47(44)52(48(45)32-38,39-16-6-2-7-17-39)40-18-8-3-9-19-40/h1-33H. The van der Waals surface area contributed by atoms with Gasteiger partial charge in [-0.05, 0) is 79.5 Å². The van der Waals surface area contributed by atoms with Gasteiger partial charge in [-0.25, -0.2) is 9.97 Å². The number of hydrogen-bond acceptors (Lipinski definition) is 3. The summed E-state index contributed by atoms with van der Waals surface area (Å²) in [6.07, 6.45) is 0. The van der Waals surface area contributed by atoms with E-state index < -0.39 is 5.41 Å². The molecule has 3 heteroatoms. The molecule has 0 N–H and O–H groups in total. The number of aromatic nitrogens is 2. The molecule has 0 unspecified atom stereocenters. The fourth-order valence-corrected chi connectivity index (χ4v) is 8.55. The Hall–Kier alpha value is -7.41. The fraction of sp³-hybridized carbons (Fsp3) is 0.0192. The Bertz CT molecular complexity index is 2870. The predicted octanol–water partition coefficient (Wildman–Crippen LogP) is 12.5. The van der Waals surface area contributed by atoms with Crippen molar-refractivity contribution in [3.8, 4) is 62.2 Å². The maximum Gasteiger partial charge on any atom is 0.160 e. The van der Waals surface area contributed by atoms with Crippen LogP contribution in [0.15, 0.2) is 200 Å². The van der Waals surface area contributed by atoms with Crippen LogP contribution in [0.25, 0.3) is 66.9 Å². The normalized spacial score (nSPS) is 12.5. The van der Waals surface area contributed by atoms with Crippen LogP contribution in [0.3, 0.4) is 0 Å². The van der Waals surface area contributed by atoms with Crippen molar-refractivity contribution in [3.63, 3.8) is 0 Å². The Balaban J connectivity index is 1.18. The van der Waals surface area contributed by atoms with E-state index in [1.165, 1.54) is 33.4 Å². The first kappa shape index (κ1) is 32.3. The Morgan fingerprint density at radius 3 is 1.60 bits per heavy atom. The fourth-order valence-electron chi connectivity index (χ4n) is 8.55. The molecule has 1 heterocycles. The highest BCUT2D eigenvalue weighted by Gasteiger charge is 2.46. The van der Waals surface area contributed by atoms with Crippen LogP contribution < -0.4 is 0 Å². The van der Waals surface area contributed by atoms with Gasteiger partial charge in [-0.2, -0.15) is 5.26 Å². The van der Waals surface area contributed by atoms with Crippen molar-refractivity contribution in [2.75, 3.05) is 0 Å². The molecule has 3 nitrogen and oxygen atoms in total. The average Bonchev–Trinajstić information content (AvgIpc) is 3.57. The Morgan fingerprint density at radius 1 is 0.382 bits per heavy atom. The lowest BCUT2D eigenvalue weighted by Gasteiger charge is -2.34. The lowest BCUT2D eigenvalue weighted by molar-refractivity contribution is 0.769. The summed E-state index contributed by atoms with van der Waals surface area (Å²) in [5, 5.41) is 11.7. The minimum absolute atomic E-state index is 0.475. The maximum atomic E-state index is 9.43. The zero-order valence-electron chi connectivity index (χ0n) is 29.9. The van der Waals surface area contributed by atoms with Crippen LogP contribution in [0, 0.1) is 11.3 Å². The first-order chi connectivity index (χ1) is 27.2. The summed E-state index contributed by atoms with van der Waals surface area (Å²) in [6.45, 7) is 0. The average molecular weight is 700 g/mol. The van der Waals surface area contributed by atoms with Gasteiger partial charge in [0.15, 0.2) is 5.82 Å². The van der Waals surface area contributed by atoms with E-state index in [1.807, 2.05) is 54.6 Å². The highest BCUT2D eigenvalue weighted by atomic mass is 14.9. The zero-order chi connectivity index (χ0) is 36.8. The van der Waals surface area contributed by atoms with Crippen molar-refractivity contribution < 1.29 is 0 Å². The Kier molecular flexibility index (Phi) is 7.75. The van der Waals surface area contributed by atoms with Gasteiger partial charge in [-0.15, -0.1) is 0 Å². The lowest BCUT2D eigenvalue weighted by Crippen LogP contribution is -2.28. The van der Waals surface area contributed by atoms with Gasteiger partial charge in [-0.3, -0.25) is 0 Å². The number of benzene rings is 8. The summed E-state index contributed by atoms with van der Waals surface area (Å²) in [4.78, 5) is 10.2. The molecule has 8 aromatic carbocycles. The van der Waals surface area contributed by atoms with E-state index in [4.69, 9.17) is 9.97 Å². The molecule has 0 amide bonds. The molecule has 55 heavy (non-hydrogen) atoms. The highest BCUT2D eigenvalue weighted by molar-refractivity contribution is 6.05. The topological polar surface area (TPSA) is 49.6 Å². The van der Waals surface area contributed by atoms with Gasteiger partial charge in [-0.1, -0.05) is 176 Å². The van der Waals surface area contributed by atoms with Crippen molar-refractivity contribution >= 4 is 10.8 Å². The Labute approximate surface area is 320 Å². The third-order valence-electron chi connectivity index (χ3n) is 11.0. The summed E-state index contributed by atoms with van der Waals surface area (Å²) >= 11 is 0. The van der Waals surface area contributed by atoms with Gasteiger partial charge in [0.25, 0.3) is 0 Å². The molecular weight excluding hydrogens is 667 g/mol. The van der Waals surface area contributed by atoms with E-state index in [1.54, 1.807) is 0 Å². The second kappa shape index (κ2) is 13.2. The molecule has 10 rings (SSSR count). The SMILES string of the molecule is N#Cc1ccc(-c2cc(-c3ccc(-c4ccc5c(c4)C(c4ccccc4)(c4ccccc4)c4ccccc4-5)c4ccccc34)nc(-c3ccccc3)n2)cc1. The van der Waals surface area contributed by atoms with Crippen molar-refractivity contribution in [2.45, 2.75) is 5.41 Å². The van der Waals surface area contributed by atoms with Crippen LogP contribution in [-0.4, -0.2) is 9.97 Å².